The molecule has 0 amide bonds. The molecular formula is C68H70O11. The molecule has 10 unspecified atom stereocenters. The first-order valence-corrected chi connectivity index (χ1v) is 27.3. The van der Waals surface area contributed by atoms with Crippen molar-refractivity contribution in [2.24, 2.45) is 0 Å². The van der Waals surface area contributed by atoms with Crippen LogP contribution in [0.1, 0.15) is 44.5 Å². The topological polar surface area (TPSA) is 102 Å². The average molecular weight is 1060 g/mol. The van der Waals surface area contributed by atoms with Gasteiger partial charge in [0, 0.05) is 0 Å². The molecule has 2 saturated heterocycles. The first kappa shape index (κ1) is 55.6. The van der Waals surface area contributed by atoms with Crippen molar-refractivity contribution in [1.82, 2.24) is 0 Å². The quantitative estimate of drug-likeness (QED) is 0.0469. The van der Waals surface area contributed by atoms with Gasteiger partial charge < -0.3 is 52.1 Å². The molecule has 0 spiro atoms. The SMILES string of the molecule is c1ccc(COCC2OC(OC3C(OCc4ccccc4)OC(COCc4ccccc4)C(OCc4ccccc4)C3OCc3ccccc3)C(OCc3ccccc3)C(OCc3ccccc3)C2OCc2ccccc2)cc1. The maximum absolute atomic E-state index is 7.59. The lowest BCUT2D eigenvalue weighted by Gasteiger charge is -2.50. The zero-order chi connectivity index (χ0) is 53.5. The van der Waals surface area contributed by atoms with Gasteiger partial charge in [-0.1, -0.05) is 243 Å². The van der Waals surface area contributed by atoms with Crippen molar-refractivity contribution in [2.75, 3.05) is 13.2 Å². The predicted molar refractivity (Wildman–Crippen MR) is 301 cm³/mol. The van der Waals surface area contributed by atoms with Crippen LogP contribution in [0.15, 0.2) is 243 Å². The van der Waals surface area contributed by atoms with Gasteiger partial charge in [0.15, 0.2) is 12.6 Å². The molecule has 8 aromatic rings. The molecule has 0 N–H and O–H groups in total. The van der Waals surface area contributed by atoms with Crippen LogP contribution in [0.5, 0.6) is 0 Å². The summed E-state index contributed by atoms with van der Waals surface area (Å²) in [4.78, 5) is 0. The molecule has 8 aromatic carbocycles. The van der Waals surface area contributed by atoms with Crippen LogP contribution >= 0.6 is 0 Å². The molecule has 10 rings (SSSR count). The van der Waals surface area contributed by atoms with Crippen molar-refractivity contribution in [3.63, 3.8) is 0 Å². The lowest BCUT2D eigenvalue weighted by molar-refractivity contribution is -0.384. The van der Waals surface area contributed by atoms with Gasteiger partial charge in [-0.2, -0.15) is 0 Å². The van der Waals surface area contributed by atoms with Crippen LogP contribution in [0.2, 0.25) is 0 Å². The Kier molecular flexibility index (Phi) is 21.2. The number of rotatable bonds is 28. The van der Waals surface area contributed by atoms with Crippen molar-refractivity contribution >= 4 is 0 Å². The second-order valence-corrected chi connectivity index (χ2v) is 19.8. The lowest BCUT2D eigenvalue weighted by Crippen LogP contribution is -2.66. The zero-order valence-electron chi connectivity index (χ0n) is 44.4. The van der Waals surface area contributed by atoms with Crippen LogP contribution < -0.4 is 0 Å². The fraction of sp³-hybridized carbons (Fsp3) is 0.294. The third-order valence-electron chi connectivity index (χ3n) is 13.9. The van der Waals surface area contributed by atoms with Crippen LogP contribution in [0.3, 0.4) is 0 Å². The van der Waals surface area contributed by atoms with Crippen molar-refractivity contribution < 1.29 is 52.1 Å². The Bertz CT molecular complexity index is 2890. The van der Waals surface area contributed by atoms with Crippen molar-refractivity contribution in [1.29, 1.82) is 0 Å². The van der Waals surface area contributed by atoms with Gasteiger partial charge in [0.05, 0.1) is 66.1 Å². The van der Waals surface area contributed by atoms with Crippen LogP contribution in [-0.2, 0) is 105 Å². The summed E-state index contributed by atoms with van der Waals surface area (Å²) in [6.45, 7) is 2.45. The Balaban J connectivity index is 1.05. The monoisotopic (exact) mass is 1060 g/mol. The first-order chi connectivity index (χ1) is 39.2. The third-order valence-corrected chi connectivity index (χ3v) is 13.9. The van der Waals surface area contributed by atoms with E-state index in [1.165, 1.54) is 0 Å². The summed E-state index contributed by atoms with van der Waals surface area (Å²) < 4.78 is 77.7. The second kappa shape index (κ2) is 30.1. The molecule has 0 aliphatic carbocycles. The smallest absolute Gasteiger partial charge is 0.187 e. The molecule has 10 atom stereocenters. The Morgan fingerprint density at radius 3 is 0.785 bits per heavy atom. The molecular weight excluding hydrogens is 993 g/mol. The molecule has 0 bridgehead atoms. The molecule has 2 aliphatic rings. The van der Waals surface area contributed by atoms with E-state index < -0.39 is 61.4 Å². The minimum atomic E-state index is -1.13. The minimum Gasteiger partial charge on any atom is -0.374 e. The fourth-order valence-electron chi connectivity index (χ4n) is 9.85. The lowest BCUT2D eigenvalue weighted by atomic mass is 9.96. The highest BCUT2D eigenvalue weighted by Crippen LogP contribution is 2.37. The van der Waals surface area contributed by atoms with E-state index in [9.17, 15) is 0 Å². The predicted octanol–water partition coefficient (Wildman–Crippen LogP) is 12.4. The Morgan fingerprint density at radius 1 is 0.228 bits per heavy atom. The highest BCUT2D eigenvalue weighted by molar-refractivity contribution is 5.20. The van der Waals surface area contributed by atoms with Crippen molar-refractivity contribution in [3.05, 3.63) is 287 Å². The molecule has 0 aromatic heterocycles. The maximum atomic E-state index is 7.59. The average Bonchev–Trinajstić information content (AvgIpc) is 3.55. The summed E-state index contributed by atoms with van der Waals surface area (Å²) >= 11 is 0. The van der Waals surface area contributed by atoms with E-state index in [0.29, 0.717) is 13.2 Å². The Labute approximate surface area is 464 Å². The van der Waals surface area contributed by atoms with Crippen molar-refractivity contribution in [2.45, 2.75) is 114 Å². The summed E-state index contributed by atoms with van der Waals surface area (Å²) in [6.07, 6.45) is -8.50. The van der Waals surface area contributed by atoms with Gasteiger partial charge in [0.25, 0.3) is 0 Å². The molecule has 0 saturated carbocycles. The fourth-order valence-corrected chi connectivity index (χ4v) is 9.85. The van der Waals surface area contributed by atoms with Gasteiger partial charge in [-0.15, -0.1) is 0 Å². The summed E-state index contributed by atoms with van der Waals surface area (Å²) in [6, 6.07) is 80.6. The molecule has 408 valence electrons. The van der Waals surface area contributed by atoms with Crippen molar-refractivity contribution in [3.8, 4) is 0 Å². The summed E-state index contributed by atoms with van der Waals surface area (Å²) in [5, 5.41) is 0. The van der Waals surface area contributed by atoms with Gasteiger partial charge in [-0.3, -0.25) is 0 Å². The van der Waals surface area contributed by atoms with Crippen LogP contribution in [0.4, 0.5) is 0 Å². The van der Waals surface area contributed by atoms with Crippen LogP contribution in [0.25, 0.3) is 0 Å². The third kappa shape index (κ3) is 16.7. The van der Waals surface area contributed by atoms with Gasteiger partial charge >= 0.3 is 0 Å². The molecule has 2 fully saturated rings. The second-order valence-electron chi connectivity index (χ2n) is 19.8. The molecule has 0 radical (unpaired) electrons. The van der Waals surface area contributed by atoms with Gasteiger partial charge in [-0.05, 0) is 44.5 Å². The van der Waals surface area contributed by atoms with E-state index in [-0.39, 0.29) is 52.9 Å². The van der Waals surface area contributed by atoms with E-state index in [2.05, 4.69) is 0 Å². The summed E-state index contributed by atoms with van der Waals surface area (Å²) in [5.74, 6) is 0. The summed E-state index contributed by atoms with van der Waals surface area (Å²) in [5.41, 5.74) is 7.89. The Hall–Kier alpha value is -6.68. The van der Waals surface area contributed by atoms with Gasteiger partial charge in [-0.25, -0.2) is 0 Å². The van der Waals surface area contributed by atoms with E-state index >= 15 is 0 Å². The maximum Gasteiger partial charge on any atom is 0.187 e. The van der Waals surface area contributed by atoms with E-state index in [4.69, 9.17) is 52.1 Å². The number of ether oxygens (including phenoxy) is 11. The number of hydrogen-bond acceptors (Lipinski definition) is 11. The number of hydrogen-bond donors (Lipinski definition) is 0. The van der Waals surface area contributed by atoms with Crippen LogP contribution in [0, 0.1) is 0 Å². The highest BCUT2D eigenvalue weighted by atomic mass is 16.8. The van der Waals surface area contributed by atoms with Gasteiger partial charge in [0.1, 0.15) is 48.8 Å². The standard InChI is InChI=1S/C68H70O11/c1-9-25-51(26-10-1)41-69-49-59-62(72-44-54-31-15-4-16-32-54)64(74-46-56-35-19-6-20-36-56)66(67(77-59)76-48-58-39-23-8-24-40-58)79-68-65(75-47-57-37-21-7-22-38-57)63(73-45-55-33-17-5-18-34-55)61(71-43-53-29-13-3-14-30-53)60(78-68)50-70-42-52-27-11-2-12-28-52/h1-40,59-68H,41-50H2. The van der Waals surface area contributed by atoms with Crippen LogP contribution in [-0.4, -0.2) is 74.6 Å². The molecule has 2 heterocycles. The van der Waals surface area contributed by atoms with E-state index in [1.54, 1.807) is 0 Å². The Morgan fingerprint density at radius 2 is 0.468 bits per heavy atom. The van der Waals surface area contributed by atoms with E-state index in [1.807, 2.05) is 243 Å². The minimum absolute atomic E-state index is 0.136. The molecule has 11 nitrogen and oxygen atoms in total. The largest absolute Gasteiger partial charge is 0.374 e. The highest BCUT2D eigenvalue weighted by Gasteiger charge is 2.55. The normalized spacial score (nSPS) is 23.0. The number of benzene rings is 8. The molecule has 11 heteroatoms. The first-order valence-electron chi connectivity index (χ1n) is 27.3. The molecule has 79 heavy (non-hydrogen) atoms. The molecule has 2 aliphatic heterocycles. The summed E-state index contributed by atoms with van der Waals surface area (Å²) in [7, 11) is 0. The van der Waals surface area contributed by atoms with Gasteiger partial charge in [0.2, 0.25) is 0 Å². The zero-order valence-corrected chi connectivity index (χ0v) is 44.4. The van der Waals surface area contributed by atoms with E-state index in [0.717, 1.165) is 44.5 Å².